The zero-order chi connectivity index (χ0) is 15.6. The maximum Gasteiger partial charge on any atom is 0.227 e. The van der Waals surface area contributed by atoms with E-state index in [1.165, 1.54) is 18.4 Å². The highest BCUT2D eigenvalue weighted by molar-refractivity contribution is 7.90. The summed E-state index contributed by atoms with van der Waals surface area (Å²) in [5, 5.41) is 5.91. The van der Waals surface area contributed by atoms with Crippen molar-refractivity contribution < 1.29 is 12.9 Å². The van der Waals surface area contributed by atoms with Gasteiger partial charge in [-0.25, -0.2) is 13.4 Å². The van der Waals surface area contributed by atoms with Crippen molar-refractivity contribution >= 4 is 21.2 Å². The number of benzene rings is 1. The Hall–Kier alpha value is -2.06. The van der Waals surface area contributed by atoms with Crippen molar-refractivity contribution in [3.63, 3.8) is 0 Å². The molecule has 0 atom stereocenters. The second-order valence-corrected chi connectivity index (χ2v) is 7.52. The largest absolute Gasteiger partial charge is 0.339 e. The third-order valence-electron chi connectivity index (χ3n) is 3.09. The standard InChI is InChI=1S/C14H13N3O3S2/c1-22(18,19)12-5-2-10(3-6-12)14-16-13(20-17-14)7-4-11-8-21-9-15-11/h2-3,5-6,8-9H,4,7H2,1H3. The molecule has 0 aliphatic rings. The molecule has 0 N–H and O–H groups in total. The van der Waals surface area contributed by atoms with Gasteiger partial charge in [0.15, 0.2) is 9.84 Å². The molecule has 0 aliphatic heterocycles. The molecule has 22 heavy (non-hydrogen) atoms. The van der Waals surface area contributed by atoms with Crippen LogP contribution >= 0.6 is 11.3 Å². The highest BCUT2D eigenvalue weighted by Gasteiger charge is 2.11. The first-order valence-electron chi connectivity index (χ1n) is 6.52. The lowest BCUT2D eigenvalue weighted by atomic mass is 10.2. The molecule has 0 radical (unpaired) electrons. The Morgan fingerprint density at radius 2 is 1.95 bits per heavy atom. The summed E-state index contributed by atoms with van der Waals surface area (Å²) in [6, 6.07) is 6.42. The second kappa shape index (κ2) is 5.98. The maximum absolute atomic E-state index is 11.4. The van der Waals surface area contributed by atoms with Gasteiger partial charge in [-0.2, -0.15) is 4.98 Å². The van der Waals surface area contributed by atoms with Gasteiger partial charge in [-0.3, -0.25) is 0 Å². The number of thiazole rings is 1. The average molecular weight is 335 g/mol. The third-order valence-corrected chi connectivity index (χ3v) is 4.85. The third kappa shape index (κ3) is 3.40. The number of hydrogen-bond acceptors (Lipinski definition) is 7. The molecule has 0 fully saturated rings. The van der Waals surface area contributed by atoms with E-state index in [1.807, 2.05) is 5.38 Å². The van der Waals surface area contributed by atoms with Crippen molar-refractivity contribution in [3.8, 4) is 11.4 Å². The molecule has 0 saturated carbocycles. The van der Waals surface area contributed by atoms with Crippen LogP contribution in [-0.2, 0) is 22.7 Å². The highest BCUT2D eigenvalue weighted by Crippen LogP contribution is 2.19. The minimum atomic E-state index is -3.20. The van der Waals surface area contributed by atoms with Gasteiger partial charge in [0.05, 0.1) is 16.1 Å². The summed E-state index contributed by atoms with van der Waals surface area (Å²) in [5.74, 6) is 0.989. The van der Waals surface area contributed by atoms with Gasteiger partial charge in [0.1, 0.15) is 0 Å². The first-order chi connectivity index (χ1) is 10.5. The number of aryl methyl sites for hydroxylation is 2. The van der Waals surface area contributed by atoms with Crippen LogP contribution in [0.25, 0.3) is 11.4 Å². The molecule has 3 rings (SSSR count). The van der Waals surface area contributed by atoms with Gasteiger partial charge in [-0.15, -0.1) is 11.3 Å². The number of nitrogens with zero attached hydrogens (tertiary/aromatic N) is 3. The van der Waals surface area contributed by atoms with Crippen molar-refractivity contribution in [2.75, 3.05) is 6.26 Å². The van der Waals surface area contributed by atoms with Crippen LogP contribution in [0.3, 0.4) is 0 Å². The van der Waals surface area contributed by atoms with Gasteiger partial charge in [-0.1, -0.05) is 5.16 Å². The minimum absolute atomic E-state index is 0.267. The Labute approximate surface area is 131 Å². The van der Waals surface area contributed by atoms with Gasteiger partial charge in [-0.05, 0) is 30.7 Å². The Morgan fingerprint density at radius 1 is 1.18 bits per heavy atom. The molecule has 0 unspecified atom stereocenters. The molecule has 0 spiro atoms. The SMILES string of the molecule is CS(=O)(=O)c1ccc(-c2noc(CCc3cscn3)n2)cc1. The summed E-state index contributed by atoms with van der Waals surface area (Å²) in [6.45, 7) is 0. The summed E-state index contributed by atoms with van der Waals surface area (Å²) in [5.41, 5.74) is 3.51. The molecule has 0 saturated heterocycles. The molecule has 0 bridgehead atoms. The van der Waals surface area contributed by atoms with Crippen LogP contribution in [0.5, 0.6) is 0 Å². The first kappa shape index (κ1) is 14.9. The lowest BCUT2D eigenvalue weighted by Gasteiger charge is -1.98. The van der Waals surface area contributed by atoms with Gasteiger partial charge < -0.3 is 4.52 Å². The Balaban J connectivity index is 1.73. The van der Waals surface area contributed by atoms with Crippen LogP contribution in [0, 0.1) is 0 Å². The summed E-state index contributed by atoms with van der Waals surface area (Å²) in [7, 11) is -3.20. The van der Waals surface area contributed by atoms with E-state index in [1.54, 1.807) is 29.0 Å². The van der Waals surface area contributed by atoms with Crippen molar-refractivity contribution in [1.29, 1.82) is 0 Å². The smallest absolute Gasteiger partial charge is 0.227 e. The molecule has 2 heterocycles. The van der Waals surface area contributed by atoms with Crippen molar-refractivity contribution in [2.45, 2.75) is 17.7 Å². The van der Waals surface area contributed by atoms with Crippen LogP contribution in [0.2, 0.25) is 0 Å². The van der Waals surface area contributed by atoms with Crippen molar-refractivity contribution in [3.05, 3.63) is 46.7 Å². The Morgan fingerprint density at radius 3 is 2.59 bits per heavy atom. The topological polar surface area (TPSA) is 86.0 Å². The van der Waals surface area contributed by atoms with Gasteiger partial charge in [0.2, 0.25) is 11.7 Å². The van der Waals surface area contributed by atoms with E-state index in [4.69, 9.17) is 4.52 Å². The Bertz CT molecular complexity index is 853. The molecule has 8 heteroatoms. The lowest BCUT2D eigenvalue weighted by molar-refractivity contribution is 0.378. The number of sulfone groups is 1. The van der Waals surface area contributed by atoms with Crippen LogP contribution in [0.4, 0.5) is 0 Å². The van der Waals surface area contributed by atoms with E-state index >= 15 is 0 Å². The fraction of sp³-hybridized carbons (Fsp3) is 0.214. The van der Waals surface area contributed by atoms with E-state index in [-0.39, 0.29) is 4.90 Å². The number of aromatic nitrogens is 3. The summed E-state index contributed by atoms with van der Waals surface area (Å²) >= 11 is 1.55. The number of rotatable bonds is 5. The van der Waals surface area contributed by atoms with Gasteiger partial charge >= 0.3 is 0 Å². The molecule has 6 nitrogen and oxygen atoms in total. The average Bonchev–Trinajstić information content (AvgIpc) is 3.16. The van der Waals surface area contributed by atoms with E-state index in [0.29, 0.717) is 18.1 Å². The predicted octanol–water partition coefficient (Wildman–Crippen LogP) is 2.38. The van der Waals surface area contributed by atoms with Crippen molar-refractivity contribution in [2.24, 2.45) is 0 Å². The van der Waals surface area contributed by atoms with E-state index in [0.717, 1.165) is 17.7 Å². The second-order valence-electron chi connectivity index (χ2n) is 4.79. The maximum atomic E-state index is 11.4. The minimum Gasteiger partial charge on any atom is -0.339 e. The molecule has 2 aromatic heterocycles. The highest BCUT2D eigenvalue weighted by atomic mass is 32.2. The zero-order valence-electron chi connectivity index (χ0n) is 11.8. The Kier molecular flexibility index (Phi) is 4.04. The molecular weight excluding hydrogens is 322 g/mol. The van der Waals surface area contributed by atoms with Gasteiger partial charge in [0.25, 0.3) is 0 Å². The van der Waals surface area contributed by atoms with Crippen LogP contribution in [-0.4, -0.2) is 29.8 Å². The number of hydrogen-bond donors (Lipinski definition) is 0. The van der Waals surface area contributed by atoms with E-state index < -0.39 is 9.84 Å². The fourth-order valence-electron chi connectivity index (χ4n) is 1.92. The zero-order valence-corrected chi connectivity index (χ0v) is 13.4. The molecule has 3 aromatic rings. The molecule has 1 aromatic carbocycles. The normalized spacial score (nSPS) is 11.7. The quantitative estimate of drug-likeness (QED) is 0.711. The lowest BCUT2D eigenvalue weighted by Crippen LogP contribution is -1.96. The summed E-state index contributed by atoms with van der Waals surface area (Å²) in [4.78, 5) is 8.79. The monoisotopic (exact) mass is 335 g/mol. The molecule has 0 amide bonds. The molecule has 0 aliphatic carbocycles. The predicted molar refractivity (Wildman–Crippen MR) is 82.4 cm³/mol. The van der Waals surface area contributed by atoms with E-state index in [9.17, 15) is 8.42 Å². The molecule has 114 valence electrons. The van der Waals surface area contributed by atoms with E-state index in [2.05, 4.69) is 15.1 Å². The first-order valence-corrected chi connectivity index (χ1v) is 9.36. The van der Waals surface area contributed by atoms with Crippen LogP contribution < -0.4 is 0 Å². The van der Waals surface area contributed by atoms with Crippen LogP contribution in [0.1, 0.15) is 11.6 Å². The van der Waals surface area contributed by atoms with Crippen molar-refractivity contribution in [1.82, 2.24) is 15.1 Å². The fourth-order valence-corrected chi connectivity index (χ4v) is 3.14. The van der Waals surface area contributed by atoms with Gasteiger partial charge in [0, 0.05) is 23.6 Å². The van der Waals surface area contributed by atoms with Crippen LogP contribution in [0.15, 0.2) is 44.6 Å². The summed E-state index contributed by atoms with van der Waals surface area (Å²) in [6.07, 6.45) is 2.54. The summed E-state index contributed by atoms with van der Waals surface area (Å²) < 4.78 is 28.1. The molecular formula is C14H13N3O3S2.